The minimum absolute atomic E-state index is 0.214. The number of quaternary nitrogens is 1. The lowest BCUT2D eigenvalue weighted by atomic mass is 9.96. The lowest BCUT2D eigenvalue weighted by Gasteiger charge is -2.16. The molecule has 1 aromatic rings. The number of nitrogens with two attached hydrogens (primary N) is 1. The number of hydrogen-bond donors (Lipinski definition) is 1. The van der Waals surface area contributed by atoms with Crippen LogP contribution in [-0.2, 0) is 11.3 Å². The van der Waals surface area contributed by atoms with Gasteiger partial charge in [-0.2, -0.15) is 0 Å². The maximum atomic E-state index is 11.5. The fourth-order valence-corrected chi connectivity index (χ4v) is 3.29. The first kappa shape index (κ1) is 12.9. The second-order valence-corrected chi connectivity index (χ2v) is 5.93. The van der Waals surface area contributed by atoms with E-state index in [-0.39, 0.29) is 5.97 Å². The molecule has 3 nitrogen and oxygen atoms in total. The fraction of sp³-hybridized carbons (Fsp3) is 0.400. The third-order valence-electron chi connectivity index (χ3n) is 3.87. The Bertz CT molecular complexity index is 533. The van der Waals surface area contributed by atoms with Gasteiger partial charge in [-0.05, 0) is 33.5 Å². The standard InChI is InChI=1S/C15H16BrNO2/c16-14-11(2-1-10-5-7-17-8-6-10)3-4-12-13(14)9-19-15(12)18/h1-4,10,17H,5-9H2/p+1/b2-1-. The minimum atomic E-state index is -0.214. The Morgan fingerprint density at radius 2 is 2.11 bits per heavy atom. The molecule has 1 saturated heterocycles. The van der Waals surface area contributed by atoms with Gasteiger partial charge >= 0.3 is 5.97 Å². The molecule has 1 aromatic carbocycles. The van der Waals surface area contributed by atoms with E-state index < -0.39 is 0 Å². The van der Waals surface area contributed by atoms with Gasteiger partial charge in [0.25, 0.3) is 0 Å². The van der Waals surface area contributed by atoms with Crippen LogP contribution in [0.1, 0.15) is 34.3 Å². The molecule has 0 aromatic heterocycles. The predicted molar refractivity (Wildman–Crippen MR) is 76.7 cm³/mol. The summed E-state index contributed by atoms with van der Waals surface area (Å²) in [4.78, 5) is 11.5. The molecule has 100 valence electrons. The van der Waals surface area contributed by atoms with Crippen molar-refractivity contribution >= 4 is 28.0 Å². The molecule has 0 spiro atoms. The van der Waals surface area contributed by atoms with Gasteiger partial charge in [-0.1, -0.05) is 18.2 Å². The molecule has 0 bridgehead atoms. The normalized spacial score (nSPS) is 19.7. The van der Waals surface area contributed by atoms with Gasteiger partial charge in [0, 0.05) is 22.9 Å². The summed E-state index contributed by atoms with van der Waals surface area (Å²) in [7, 11) is 0. The van der Waals surface area contributed by atoms with E-state index in [0.717, 1.165) is 15.6 Å². The molecule has 2 heterocycles. The largest absolute Gasteiger partial charge is 0.457 e. The summed E-state index contributed by atoms with van der Waals surface area (Å²) in [5.41, 5.74) is 2.80. The lowest BCUT2D eigenvalue weighted by Crippen LogP contribution is -2.86. The van der Waals surface area contributed by atoms with Gasteiger partial charge in [0.05, 0.1) is 18.7 Å². The van der Waals surface area contributed by atoms with Crippen molar-refractivity contribution in [3.63, 3.8) is 0 Å². The number of allylic oxidation sites excluding steroid dienone is 1. The van der Waals surface area contributed by atoms with E-state index in [1.54, 1.807) is 0 Å². The minimum Gasteiger partial charge on any atom is -0.457 e. The van der Waals surface area contributed by atoms with Crippen LogP contribution in [0, 0.1) is 5.92 Å². The molecule has 1 fully saturated rings. The van der Waals surface area contributed by atoms with Crippen molar-refractivity contribution in [2.75, 3.05) is 13.1 Å². The van der Waals surface area contributed by atoms with Crippen molar-refractivity contribution in [3.8, 4) is 0 Å². The van der Waals surface area contributed by atoms with Crippen LogP contribution in [0.25, 0.3) is 6.08 Å². The number of rotatable bonds is 2. The van der Waals surface area contributed by atoms with Crippen LogP contribution in [0.15, 0.2) is 22.7 Å². The van der Waals surface area contributed by atoms with E-state index in [1.165, 1.54) is 25.9 Å². The molecule has 0 amide bonds. The molecule has 0 radical (unpaired) electrons. The summed E-state index contributed by atoms with van der Waals surface area (Å²) in [5, 5.41) is 2.37. The van der Waals surface area contributed by atoms with Gasteiger partial charge in [0.1, 0.15) is 6.61 Å². The molecular formula is C15H17BrNO2+. The van der Waals surface area contributed by atoms with E-state index in [9.17, 15) is 4.79 Å². The summed E-state index contributed by atoms with van der Waals surface area (Å²) < 4.78 is 6.05. The smallest absolute Gasteiger partial charge is 0.338 e. The highest BCUT2D eigenvalue weighted by atomic mass is 79.9. The number of halogens is 1. The quantitative estimate of drug-likeness (QED) is 0.847. The molecule has 4 heteroatoms. The number of cyclic esters (lactones) is 1. The Hall–Kier alpha value is -1.13. The van der Waals surface area contributed by atoms with Gasteiger partial charge in [-0.3, -0.25) is 0 Å². The number of hydrogen-bond acceptors (Lipinski definition) is 2. The average molecular weight is 323 g/mol. The van der Waals surface area contributed by atoms with Crippen LogP contribution in [0.5, 0.6) is 0 Å². The summed E-state index contributed by atoms with van der Waals surface area (Å²) in [5.74, 6) is 0.470. The molecular weight excluding hydrogens is 306 g/mol. The predicted octanol–water partition coefficient (Wildman–Crippen LogP) is 2.11. The van der Waals surface area contributed by atoms with Crippen molar-refractivity contribution in [1.29, 1.82) is 0 Å². The van der Waals surface area contributed by atoms with Crippen molar-refractivity contribution in [2.45, 2.75) is 19.4 Å². The molecule has 0 aliphatic carbocycles. The van der Waals surface area contributed by atoms with Gasteiger partial charge in [-0.25, -0.2) is 4.79 Å². The number of benzene rings is 1. The van der Waals surface area contributed by atoms with Gasteiger partial charge in [-0.15, -0.1) is 0 Å². The maximum Gasteiger partial charge on any atom is 0.338 e. The lowest BCUT2D eigenvalue weighted by molar-refractivity contribution is -0.664. The Balaban J connectivity index is 1.82. The second-order valence-electron chi connectivity index (χ2n) is 5.13. The van der Waals surface area contributed by atoms with Crippen molar-refractivity contribution in [3.05, 3.63) is 39.4 Å². The number of fused-ring (bicyclic) bond motifs is 1. The molecule has 19 heavy (non-hydrogen) atoms. The zero-order valence-corrected chi connectivity index (χ0v) is 12.3. The zero-order chi connectivity index (χ0) is 13.2. The average Bonchev–Trinajstić information content (AvgIpc) is 2.82. The molecule has 0 atom stereocenters. The highest BCUT2D eigenvalue weighted by Gasteiger charge is 2.24. The van der Waals surface area contributed by atoms with E-state index >= 15 is 0 Å². The summed E-state index contributed by atoms with van der Waals surface area (Å²) >= 11 is 3.60. The second kappa shape index (κ2) is 5.47. The maximum absolute atomic E-state index is 11.5. The Kier molecular flexibility index (Phi) is 3.71. The van der Waals surface area contributed by atoms with Crippen LogP contribution in [-0.4, -0.2) is 19.1 Å². The number of piperidine rings is 1. The summed E-state index contributed by atoms with van der Waals surface area (Å²) in [6.45, 7) is 2.83. The third-order valence-corrected chi connectivity index (χ3v) is 4.81. The van der Waals surface area contributed by atoms with Crippen LogP contribution in [0.4, 0.5) is 0 Å². The van der Waals surface area contributed by atoms with Crippen molar-refractivity contribution in [2.24, 2.45) is 5.92 Å². The Morgan fingerprint density at radius 3 is 2.89 bits per heavy atom. The Labute approximate surface area is 121 Å². The van der Waals surface area contributed by atoms with Gasteiger partial charge in [0.15, 0.2) is 0 Å². The van der Waals surface area contributed by atoms with E-state index in [2.05, 4.69) is 33.4 Å². The number of carbonyl (C=O) groups excluding carboxylic acids is 1. The third kappa shape index (κ3) is 2.60. The van der Waals surface area contributed by atoms with Crippen LogP contribution < -0.4 is 5.32 Å². The zero-order valence-electron chi connectivity index (χ0n) is 10.7. The molecule has 2 N–H and O–H groups in total. The van der Waals surface area contributed by atoms with Gasteiger partial charge < -0.3 is 10.1 Å². The highest BCUT2D eigenvalue weighted by Crippen LogP contribution is 2.31. The summed E-state index contributed by atoms with van der Waals surface area (Å²) in [6, 6.07) is 3.85. The Morgan fingerprint density at radius 1 is 1.32 bits per heavy atom. The van der Waals surface area contributed by atoms with E-state index in [4.69, 9.17) is 4.74 Å². The van der Waals surface area contributed by atoms with Crippen molar-refractivity contribution in [1.82, 2.24) is 0 Å². The van der Waals surface area contributed by atoms with Crippen molar-refractivity contribution < 1.29 is 14.8 Å². The van der Waals surface area contributed by atoms with E-state index in [1.807, 2.05) is 12.1 Å². The molecule has 0 saturated carbocycles. The molecule has 3 rings (SSSR count). The van der Waals surface area contributed by atoms with Gasteiger partial charge in [0.2, 0.25) is 0 Å². The fourth-order valence-electron chi connectivity index (χ4n) is 2.70. The number of esters is 1. The first-order valence-corrected chi connectivity index (χ1v) is 7.53. The monoisotopic (exact) mass is 322 g/mol. The topological polar surface area (TPSA) is 42.9 Å². The first-order valence-electron chi connectivity index (χ1n) is 6.74. The molecule has 2 aliphatic rings. The SMILES string of the molecule is O=C1OCc2c1ccc(/C=C\C1CC[NH2+]CC1)c2Br. The molecule has 2 aliphatic heterocycles. The molecule has 0 unspecified atom stereocenters. The van der Waals surface area contributed by atoms with Crippen LogP contribution in [0.3, 0.4) is 0 Å². The summed E-state index contributed by atoms with van der Waals surface area (Å²) in [6.07, 6.45) is 6.97. The van der Waals surface area contributed by atoms with E-state index in [0.29, 0.717) is 18.1 Å². The number of ether oxygens (including phenoxy) is 1. The first-order chi connectivity index (χ1) is 9.25. The highest BCUT2D eigenvalue weighted by molar-refractivity contribution is 9.10. The van der Waals surface area contributed by atoms with Crippen LogP contribution in [0.2, 0.25) is 0 Å². The number of carbonyl (C=O) groups is 1. The van der Waals surface area contributed by atoms with Crippen LogP contribution >= 0.6 is 15.9 Å².